The molecule has 0 aliphatic heterocycles. The van der Waals surface area contributed by atoms with E-state index in [1.807, 2.05) is 18.2 Å². The lowest BCUT2D eigenvalue weighted by molar-refractivity contribution is 0.250. The highest BCUT2D eigenvalue weighted by Gasteiger charge is 2.42. The summed E-state index contributed by atoms with van der Waals surface area (Å²) >= 11 is 3.55. The van der Waals surface area contributed by atoms with Crippen LogP contribution >= 0.6 is 15.9 Å². The molecule has 0 radical (unpaired) electrons. The van der Waals surface area contributed by atoms with Crippen molar-refractivity contribution in [2.24, 2.45) is 5.41 Å². The number of hydrogen-bond donors (Lipinski definition) is 0. The highest BCUT2D eigenvalue weighted by molar-refractivity contribution is 9.09. The quantitative estimate of drug-likeness (QED) is 0.747. The standard InChI is InChI=1S/C12H15BrO/c1-10-4-2-3-5-11(10)14-9-12(8-13)6-7-12/h2-5H,6-9H2,1H3. The van der Waals surface area contributed by atoms with Crippen LogP contribution in [0.5, 0.6) is 5.75 Å². The monoisotopic (exact) mass is 254 g/mol. The fourth-order valence-electron chi connectivity index (χ4n) is 1.44. The molecule has 1 aliphatic rings. The van der Waals surface area contributed by atoms with Crippen LogP contribution in [0.2, 0.25) is 0 Å². The van der Waals surface area contributed by atoms with Crippen molar-refractivity contribution in [1.29, 1.82) is 0 Å². The number of ether oxygens (including phenoxy) is 1. The Kier molecular flexibility index (Phi) is 2.82. The van der Waals surface area contributed by atoms with E-state index in [4.69, 9.17) is 4.74 Å². The van der Waals surface area contributed by atoms with Crippen LogP contribution < -0.4 is 4.74 Å². The van der Waals surface area contributed by atoms with Crippen molar-refractivity contribution in [2.75, 3.05) is 11.9 Å². The van der Waals surface area contributed by atoms with Gasteiger partial charge in [0.15, 0.2) is 0 Å². The third kappa shape index (κ3) is 2.11. The Morgan fingerprint density at radius 1 is 1.36 bits per heavy atom. The van der Waals surface area contributed by atoms with Gasteiger partial charge in [0, 0.05) is 10.7 Å². The summed E-state index contributed by atoms with van der Waals surface area (Å²) in [6, 6.07) is 8.19. The summed E-state index contributed by atoms with van der Waals surface area (Å²) in [4.78, 5) is 0. The van der Waals surface area contributed by atoms with E-state index in [-0.39, 0.29) is 0 Å². The predicted octanol–water partition coefficient (Wildman–Crippen LogP) is 3.55. The van der Waals surface area contributed by atoms with Crippen LogP contribution in [0.15, 0.2) is 24.3 Å². The summed E-state index contributed by atoms with van der Waals surface area (Å²) in [6.45, 7) is 2.94. The van der Waals surface area contributed by atoms with E-state index in [2.05, 4.69) is 28.9 Å². The number of hydrogen-bond acceptors (Lipinski definition) is 1. The van der Waals surface area contributed by atoms with Gasteiger partial charge in [-0.1, -0.05) is 34.1 Å². The number of halogens is 1. The van der Waals surface area contributed by atoms with E-state index < -0.39 is 0 Å². The fraction of sp³-hybridized carbons (Fsp3) is 0.500. The van der Waals surface area contributed by atoms with Crippen LogP contribution in [-0.2, 0) is 0 Å². The van der Waals surface area contributed by atoms with E-state index in [1.165, 1.54) is 18.4 Å². The van der Waals surface area contributed by atoms with Crippen LogP contribution in [0.3, 0.4) is 0 Å². The Morgan fingerprint density at radius 2 is 2.07 bits per heavy atom. The molecule has 0 unspecified atom stereocenters. The van der Waals surface area contributed by atoms with Gasteiger partial charge in [0.2, 0.25) is 0 Å². The van der Waals surface area contributed by atoms with Gasteiger partial charge in [0.25, 0.3) is 0 Å². The van der Waals surface area contributed by atoms with Crippen molar-refractivity contribution in [1.82, 2.24) is 0 Å². The van der Waals surface area contributed by atoms with Crippen molar-refractivity contribution < 1.29 is 4.74 Å². The maximum atomic E-state index is 5.82. The summed E-state index contributed by atoms with van der Waals surface area (Å²) in [6.07, 6.45) is 2.59. The van der Waals surface area contributed by atoms with Gasteiger partial charge < -0.3 is 4.74 Å². The van der Waals surface area contributed by atoms with E-state index in [0.717, 1.165) is 17.7 Å². The third-order valence-electron chi connectivity index (χ3n) is 2.87. The molecule has 2 rings (SSSR count). The lowest BCUT2D eigenvalue weighted by Gasteiger charge is -2.14. The zero-order valence-corrected chi connectivity index (χ0v) is 10.0. The molecule has 1 aromatic carbocycles. The topological polar surface area (TPSA) is 9.23 Å². The van der Waals surface area contributed by atoms with Gasteiger partial charge >= 0.3 is 0 Å². The molecular weight excluding hydrogens is 240 g/mol. The third-order valence-corrected chi connectivity index (χ3v) is 4.06. The predicted molar refractivity (Wildman–Crippen MR) is 62.1 cm³/mol. The molecule has 14 heavy (non-hydrogen) atoms. The summed E-state index contributed by atoms with van der Waals surface area (Å²) in [7, 11) is 0. The molecule has 0 atom stereocenters. The molecule has 1 aromatic rings. The lowest BCUT2D eigenvalue weighted by Crippen LogP contribution is -2.14. The highest BCUT2D eigenvalue weighted by atomic mass is 79.9. The van der Waals surface area contributed by atoms with Crippen molar-refractivity contribution in [3.05, 3.63) is 29.8 Å². The number of alkyl halides is 1. The first-order valence-corrected chi connectivity index (χ1v) is 6.12. The van der Waals surface area contributed by atoms with Gasteiger partial charge in [-0.05, 0) is 31.4 Å². The van der Waals surface area contributed by atoms with Crippen LogP contribution in [0.25, 0.3) is 0 Å². The van der Waals surface area contributed by atoms with E-state index in [9.17, 15) is 0 Å². The minimum Gasteiger partial charge on any atom is -0.493 e. The second-order valence-corrected chi connectivity index (χ2v) is 4.75. The molecule has 0 amide bonds. The maximum Gasteiger partial charge on any atom is 0.122 e. The van der Waals surface area contributed by atoms with Crippen LogP contribution in [0.1, 0.15) is 18.4 Å². The molecule has 0 heterocycles. The summed E-state index contributed by atoms with van der Waals surface area (Å²) in [5, 5.41) is 1.06. The molecule has 1 aliphatic carbocycles. The first kappa shape index (κ1) is 10.0. The number of para-hydroxylation sites is 1. The van der Waals surface area contributed by atoms with Crippen LogP contribution in [0, 0.1) is 12.3 Å². The summed E-state index contributed by atoms with van der Waals surface area (Å²) in [5.74, 6) is 1.03. The average molecular weight is 255 g/mol. The molecule has 0 saturated heterocycles. The minimum absolute atomic E-state index is 0.433. The van der Waals surface area contributed by atoms with Gasteiger partial charge in [-0.25, -0.2) is 0 Å². The molecule has 76 valence electrons. The molecule has 2 heteroatoms. The fourth-order valence-corrected chi connectivity index (χ4v) is 2.17. The SMILES string of the molecule is Cc1ccccc1OCC1(CBr)CC1. The van der Waals surface area contributed by atoms with Crippen molar-refractivity contribution in [3.63, 3.8) is 0 Å². The van der Waals surface area contributed by atoms with Gasteiger partial charge in [0.05, 0.1) is 6.61 Å². The van der Waals surface area contributed by atoms with Crippen molar-refractivity contribution in [3.8, 4) is 5.75 Å². The van der Waals surface area contributed by atoms with Gasteiger partial charge in [-0.2, -0.15) is 0 Å². The lowest BCUT2D eigenvalue weighted by atomic mass is 10.1. The van der Waals surface area contributed by atoms with E-state index in [1.54, 1.807) is 0 Å². The Balaban J connectivity index is 1.95. The van der Waals surface area contributed by atoms with Gasteiger partial charge in [0.1, 0.15) is 5.75 Å². The zero-order valence-electron chi connectivity index (χ0n) is 8.42. The average Bonchev–Trinajstić information content (AvgIpc) is 2.98. The number of benzene rings is 1. The number of rotatable bonds is 4. The molecule has 0 N–H and O–H groups in total. The summed E-state index contributed by atoms with van der Waals surface area (Å²) < 4.78 is 5.82. The molecule has 0 aromatic heterocycles. The molecule has 0 bridgehead atoms. The van der Waals surface area contributed by atoms with E-state index in [0.29, 0.717) is 5.41 Å². The summed E-state index contributed by atoms with van der Waals surface area (Å²) in [5.41, 5.74) is 1.65. The van der Waals surface area contributed by atoms with Crippen molar-refractivity contribution in [2.45, 2.75) is 19.8 Å². The second-order valence-electron chi connectivity index (χ2n) is 4.19. The second kappa shape index (κ2) is 3.93. The first-order valence-electron chi connectivity index (χ1n) is 5.00. The largest absolute Gasteiger partial charge is 0.493 e. The van der Waals surface area contributed by atoms with Gasteiger partial charge in [-0.15, -0.1) is 0 Å². The van der Waals surface area contributed by atoms with Crippen LogP contribution in [-0.4, -0.2) is 11.9 Å². The molecule has 1 fully saturated rings. The molecule has 1 saturated carbocycles. The molecule has 0 spiro atoms. The zero-order chi connectivity index (χ0) is 10.0. The number of aryl methyl sites for hydroxylation is 1. The Labute approximate surface area is 93.6 Å². The first-order chi connectivity index (χ1) is 6.76. The Bertz CT molecular complexity index is 318. The van der Waals surface area contributed by atoms with Crippen LogP contribution in [0.4, 0.5) is 0 Å². The Hall–Kier alpha value is -0.500. The Morgan fingerprint density at radius 3 is 2.64 bits per heavy atom. The maximum absolute atomic E-state index is 5.82. The van der Waals surface area contributed by atoms with Gasteiger partial charge in [-0.3, -0.25) is 0 Å². The minimum atomic E-state index is 0.433. The van der Waals surface area contributed by atoms with Crippen molar-refractivity contribution >= 4 is 15.9 Å². The highest BCUT2D eigenvalue weighted by Crippen LogP contribution is 2.47. The smallest absolute Gasteiger partial charge is 0.122 e. The molecule has 1 nitrogen and oxygen atoms in total. The molecular formula is C12H15BrO. The van der Waals surface area contributed by atoms with E-state index >= 15 is 0 Å². The normalized spacial score (nSPS) is 17.9.